The van der Waals surface area contributed by atoms with E-state index in [0.717, 1.165) is 47.1 Å². The molecule has 2 aromatic rings. The van der Waals surface area contributed by atoms with Gasteiger partial charge in [0, 0.05) is 29.7 Å². The van der Waals surface area contributed by atoms with Crippen LogP contribution in [0.15, 0.2) is 24.3 Å². The fourth-order valence-corrected chi connectivity index (χ4v) is 4.33. The van der Waals surface area contributed by atoms with E-state index in [1.165, 1.54) is 11.3 Å². The van der Waals surface area contributed by atoms with Gasteiger partial charge < -0.3 is 10.6 Å². The number of nitrogens with zero attached hydrogens (tertiary/aromatic N) is 2. The summed E-state index contributed by atoms with van der Waals surface area (Å²) in [4.78, 5) is 20.2. The highest BCUT2D eigenvalue weighted by molar-refractivity contribution is 7.17. The second kappa shape index (κ2) is 7.21. The molecular formula is C18H22ClN3OS. The van der Waals surface area contributed by atoms with Gasteiger partial charge in [-0.05, 0) is 44.7 Å². The molecule has 2 heterocycles. The first kappa shape index (κ1) is 17.4. The third kappa shape index (κ3) is 3.63. The normalized spacial score (nSPS) is 19.3. The van der Waals surface area contributed by atoms with Crippen molar-refractivity contribution in [2.75, 3.05) is 13.1 Å². The van der Waals surface area contributed by atoms with Crippen LogP contribution in [0.2, 0.25) is 5.02 Å². The Balaban J connectivity index is 1.83. The zero-order valence-electron chi connectivity index (χ0n) is 14.0. The first-order chi connectivity index (χ1) is 11.5. The predicted octanol–water partition coefficient (Wildman–Crippen LogP) is 3.97. The molecule has 1 aliphatic heterocycles. The van der Waals surface area contributed by atoms with Crippen LogP contribution in [0.5, 0.6) is 0 Å². The van der Waals surface area contributed by atoms with Crippen LogP contribution in [0.25, 0.3) is 10.6 Å². The maximum atomic E-state index is 12.9. The lowest BCUT2D eigenvalue weighted by Crippen LogP contribution is -2.45. The number of halogens is 1. The number of carbonyl (C=O) groups is 1. The van der Waals surface area contributed by atoms with Crippen LogP contribution in [0.3, 0.4) is 0 Å². The molecule has 1 amide bonds. The molecule has 0 aliphatic carbocycles. The second-order valence-corrected chi connectivity index (χ2v) is 7.89. The highest BCUT2D eigenvalue weighted by Gasteiger charge is 2.28. The molecule has 0 bridgehead atoms. The van der Waals surface area contributed by atoms with Gasteiger partial charge >= 0.3 is 0 Å². The molecule has 24 heavy (non-hydrogen) atoms. The van der Waals surface area contributed by atoms with Crippen molar-refractivity contribution in [3.05, 3.63) is 39.9 Å². The molecule has 4 nitrogen and oxygen atoms in total. The highest BCUT2D eigenvalue weighted by atomic mass is 35.5. The summed E-state index contributed by atoms with van der Waals surface area (Å²) in [6.07, 6.45) is 2.10. The number of likely N-dealkylation sites (tertiary alicyclic amines) is 1. The minimum atomic E-state index is 0.0728. The molecule has 6 heteroatoms. The van der Waals surface area contributed by atoms with Crippen LogP contribution in [0, 0.1) is 12.8 Å². The Bertz CT molecular complexity index is 744. The first-order valence-corrected chi connectivity index (χ1v) is 9.43. The van der Waals surface area contributed by atoms with Crippen LogP contribution in [0.4, 0.5) is 0 Å². The number of carbonyl (C=O) groups excluding carboxylic acids is 1. The average molecular weight is 364 g/mol. The average Bonchev–Trinajstić information content (AvgIpc) is 2.96. The Morgan fingerprint density at radius 3 is 3.00 bits per heavy atom. The Morgan fingerprint density at radius 2 is 2.29 bits per heavy atom. The van der Waals surface area contributed by atoms with Crippen molar-refractivity contribution in [2.45, 2.75) is 32.7 Å². The van der Waals surface area contributed by atoms with Gasteiger partial charge in [0.05, 0.1) is 5.69 Å². The molecule has 0 radical (unpaired) electrons. The number of amides is 1. The molecule has 1 saturated heterocycles. The summed E-state index contributed by atoms with van der Waals surface area (Å²) < 4.78 is 0. The number of aromatic nitrogens is 1. The van der Waals surface area contributed by atoms with E-state index in [9.17, 15) is 4.79 Å². The molecule has 2 atom stereocenters. The molecule has 3 rings (SSSR count). The van der Waals surface area contributed by atoms with Crippen molar-refractivity contribution in [1.82, 2.24) is 9.88 Å². The second-order valence-electron chi connectivity index (χ2n) is 6.46. The Kier molecular flexibility index (Phi) is 5.23. The number of hydrogen-bond acceptors (Lipinski definition) is 4. The first-order valence-electron chi connectivity index (χ1n) is 8.24. The molecule has 1 aromatic heterocycles. The molecule has 0 saturated carbocycles. The summed E-state index contributed by atoms with van der Waals surface area (Å²) >= 11 is 7.50. The van der Waals surface area contributed by atoms with Crippen molar-refractivity contribution in [2.24, 2.45) is 11.7 Å². The van der Waals surface area contributed by atoms with Crippen LogP contribution in [0.1, 0.15) is 35.1 Å². The summed E-state index contributed by atoms with van der Waals surface area (Å²) in [7, 11) is 0. The zero-order valence-corrected chi connectivity index (χ0v) is 15.5. The largest absolute Gasteiger partial charge is 0.338 e. The third-order valence-corrected chi connectivity index (χ3v) is 5.98. The smallest absolute Gasteiger partial charge is 0.265 e. The van der Waals surface area contributed by atoms with Gasteiger partial charge in [-0.15, -0.1) is 11.3 Å². The number of aryl methyl sites for hydroxylation is 1. The van der Waals surface area contributed by atoms with Gasteiger partial charge in [0.2, 0.25) is 0 Å². The number of piperidine rings is 1. The van der Waals surface area contributed by atoms with E-state index < -0.39 is 0 Å². The van der Waals surface area contributed by atoms with Crippen molar-refractivity contribution in [3.63, 3.8) is 0 Å². The van der Waals surface area contributed by atoms with Crippen molar-refractivity contribution >= 4 is 28.8 Å². The lowest BCUT2D eigenvalue weighted by atomic mass is 9.92. The Morgan fingerprint density at radius 1 is 1.50 bits per heavy atom. The summed E-state index contributed by atoms with van der Waals surface area (Å²) in [5.41, 5.74) is 7.76. The van der Waals surface area contributed by atoms with E-state index in [4.69, 9.17) is 17.3 Å². The number of benzene rings is 1. The van der Waals surface area contributed by atoms with Crippen LogP contribution in [-0.4, -0.2) is 34.9 Å². The van der Waals surface area contributed by atoms with E-state index in [2.05, 4.69) is 4.98 Å². The van der Waals surface area contributed by atoms with Gasteiger partial charge in [-0.25, -0.2) is 4.98 Å². The van der Waals surface area contributed by atoms with Crippen LogP contribution in [-0.2, 0) is 0 Å². The quantitative estimate of drug-likeness (QED) is 0.897. The lowest BCUT2D eigenvalue weighted by Gasteiger charge is -2.34. The van der Waals surface area contributed by atoms with Gasteiger partial charge in [0.1, 0.15) is 9.88 Å². The molecule has 128 valence electrons. The molecule has 0 spiro atoms. The van der Waals surface area contributed by atoms with Gasteiger partial charge in [-0.3, -0.25) is 4.79 Å². The van der Waals surface area contributed by atoms with Crippen LogP contribution >= 0.6 is 22.9 Å². The van der Waals surface area contributed by atoms with E-state index in [-0.39, 0.29) is 11.9 Å². The Hall–Kier alpha value is -1.43. The standard InChI is InChI=1S/C18H22ClN3OS/c1-11(20)14-6-4-8-22(10-14)18(23)16-12(2)21-17(24-16)13-5-3-7-15(19)9-13/h3,5,7,9,11,14H,4,6,8,10,20H2,1-2H3/t11-,14+/m0/s1. The molecule has 0 unspecified atom stereocenters. The molecular weight excluding hydrogens is 342 g/mol. The van der Waals surface area contributed by atoms with Crippen molar-refractivity contribution in [1.29, 1.82) is 0 Å². The topological polar surface area (TPSA) is 59.2 Å². The summed E-state index contributed by atoms with van der Waals surface area (Å²) in [5.74, 6) is 0.451. The number of thiazole rings is 1. The van der Waals surface area contributed by atoms with Crippen LogP contribution < -0.4 is 5.73 Å². The Labute approximate surface area is 151 Å². The predicted molar refractivity (Wildman–Crippen MR) is 99.6 cm³/mol. The molecule has 1 aromatic carbocycles. The minimum absolute atomic E-state index is 0.0728. The van der Waals surface area contributed by atoms with Crippen molar-refractivity contribution in [3.8, 4) is 10.6 Å². The summed E-state index contributed by atoms with van der Waals surface area (Å²) in [5, 5.41) is 1.50. The fraction of sp³-hybridized carbons (Fsp3) is 0.444. The maximum Gasteiger partial charge on any atom is 0.265 e. The maximum absolute atomic E-state index is 12.9. The number of hydrogen-bond donors (Lipinski definition) is 1. The highest BCUT2D eigenvalue weighted by Crippen LogP contribution is 2.31. The summed E-state index contributed by atoms with van der Waals surface area (Å²) in [6.45, 7) is 5.45. The van der Waals surface area contributed by atoms with E-state index in [1.807, 2.05) is 43.0 Å². The zero-order chi connectivity index (χ0) is 17.3. The molecule has 2 N–H and O–H groups in total. The van der Waals surface area contributed by atoms with Crippen molar-refractivity contribution < 1.29 is 4.79 Å². The lowest BCUT2D eigenvalue weighted by molar-refractivity contribution is 0.0665. The molecule has 1 fully saturated rings. The van der Waals surface area contributed by atoms with Gasteiger partial charge in [0.15, 0.2) is 0 Å². The monoisotopic (exact) mass is 363 g/mol. The van der Waals surface area contributed by atoms with E-state index in [1.54, 1.807) is 0 Å². The fourth-order valence-electron chi connectivity index (χ4n) is 3.11. The number of nitrogens with two attached hydrogens (primary N) is 1. The summed E-state index contributed by atoms with van der Waals surface area (Å²) in [6, 6.07) is 7.69. The number of rotatable bonds is 3. The van der Waals surface area contributed by atoms with Gasteiger partial charge in [-0.1, -0.05) is 23.7 Å². The van der Waals surface area contributed by atoms with E-state index in [0.29, 0.717) is 10.9 Å². The van der Waals surface area contributed by atoms with Gasteiger partial charge in [-0.2, -0.15) is 0 Å². The SMILES string of the molecule is Cc1nc(-c2cccc(Cl)c2)sc1C(=O)N1CCC[C@@H]([C@H](C)N)C1. The van der Waals surface area contributed by atoms with Gasteiger partial charge in [0.25, 0.3) is 5.91 Å². The minimum Gasteiger partial charge on any atom is -0.338 e. The molecule has 1 aliphatic rings. The van der Waals surface area contributed by atoms with E-state index >= 15 is 0 Å². The third-order valence-electron chi connectivity index (χ3n) is 4.55.